The van der Waals surface area contributed by atoms with Gasteiger partial charge in [-0.2, -0.15) is 0 Å². The van der Waals surface area contributed by atoms with E-state index in [9.17, 15) is 14.7 Å². The first-order chi connectivity index (χ1) is 16.1. The number of hydrogen-bond acceptors (Lipinski definition) is 6. The Bertz CT molecular complexity index is 1140. The van der Waals surface area contributed by atoms with Gasteiger partial charge in [-0.15, -0.1) is 0 Å². The predicted molar refractivity (Wildman–Crippen MR) is 122 cm³/mol. The van der Waals surface area contributed by atoms with E-state index in [1.54, 1.807) is 23.1 Å². The van der Waals surface area contributed by atoms with Crippen molar-refractivity contribution in [1.29, 1.82) is 0 Å². The lowest BCUT2D eigenvalue weighted by molar-refractivity contribution is -0.139. The van der Waals surface area contributed by atoms with E-state index in [0.717, 1.165) is 37.0 Å². The van der Waals surface area contributed by atoms with Crippen LogP contribution in [0, 0.1) is 0 Å². The van der Waals surface area contributed by atoms with Crippen molar-refractivity contribution in [2.45, 2.75) is 38.6 Å². The van der Waals surface area contributed by atoms with Gasteiger partial charge < -0.3 is 24.2 Å². The molecular weight excluding hydrogens is 422 g/mol. The molecule has 3 aliphatic heterocycles. The van der Waals surface area contributed by atoms with E-state index in [1.807, 2.05) is 25.1 Å². The molecule has 1 unspecified atom stereocenters. The maximum Gasteiger partial charge on any atom is 0.295 e. The van der Waals surface area contributed by atoms with Crippen LogP contribution >= 0.6 is 0 Å². The van der Waals surface area contributed by atoms with Gasteiger partial charge in [0, 0.05) is 12.1 Å². The number of rotatable bonds is 5. The maximum absolute atomic E-state index is 13.2. The van der Waals surface area contributed by atoms with Crippen LogP contribution in [0.1, 0.15) is 48.9 Å². The molecule has 2 aromatic carbocycles. The zero-order valence-corrected chi connectivity index (χ0v) is 18.6. The van der Waals surface area contributed by atoms with Gasteiger partial charge in [0.2, 0.25) is 0 Å². The Morgan fingerprint density at radius 2 is 1.76 bits per heavy atom. The molecule has 172 valence electrons. The molecule has 0 aromatic heterocycles. The quantitative estimate of drug-likeness (QED) is 0.422. The van der Waals surface area contributed by atoms with Crippen molar-refractivity contribution in [3.63, 3.8) is 0 Å². The van der Waals surface area contributed by atoms with Crippen molar-refractivity contribution in [3.05, 3.63) is 58.7 Å². The third-order valence-electron chi connectivity index (χ3n) is 6.36. The molecular formula is C26H27NO6. The number of likely N-dealkylation sites (tertiary alicyclic amines) is 1. The van der Waals surface area contributed by atoms with Gasteiger partial charge in [-0.25, -0.2) is 0 Å². The lowest BCUT2D eigenvalue weighted by atomic mass is 9.93. The van der Waals surface area contributed by atoms with Gasteiger partial charge in [-0.3, -0.25) is 9.59 Å². The first-order valence-electron chi connectivity index (χ1n) is 11.5. The number of aliphatic hydroxyl groups excluding tert-OH is 1. The van der Waals surface area contributed by atoms with Gasteiger partial charge >= 0.3 is 0 Å². The van der Waals surface area contributed by atoms with Crippen molar-refractivity contribution in [2.75, 3.05) is 26.4 Å². The average molecular weight is 450 g/mol. The molecule has 33 heavy (non-hydrogen) atoms. The second-order valence-corrected chi connectivity index (χ2v) is 8.52. The normalized spacial score (nSPS) is 21.0. The Kier molecular flexibility index (Phi) is 5.70. The van der Waals surface area contributed by atoms with Crippen LogP contribution < -0.4 is 14.2 Å². The molecule has 1 atom stereocenters. The summed E-state index contributed by atoms with van der Waals surface area (Å²) in [5, 5.41) is 11.3. The number of carbonyl (C=O) groups excluding carboxylic acids is 2. The summed E-state index contributed by atoms with van der Waals surface area (Å²) in [6.07, 6.45) is 3.37. The minimum absolute atomic E-state index is 0.101. The van der Waals surface area contributed by atoms with E-state index >= 15 is 0 Å². The predicted octanol–water partition coefficient (Wildman–Crippen LogP) is 4.00. The Labute approximate surface area is 192 Å². The summed E-state index contributed by atoms with van der Waals surface area (Å²) < 4.78 is 17.0. The fourth-order valence-corrected chi connectivity index (χ4v) is 4.68. The molecule has 0 saturated carbocycles. The van der Waals surface area contributed by atoms with Gasteiger partial charge in [-0.1, -0.05) is 19.4 Å². The first-order valence-corrected chi connectivity index (χ1v) is 11.5. The molecule has 0 radical (unpaired) electrons. The van der Waals surface area contributed by atoms with Crippen LogP contribution in [0.5, 0.6) is 17.2 Å². The SMILES string of the molecule is CCCCN1C(=O)C(=O)/C(=C(\O)c2ccc3c(c2)CCCO3)C1c1ccc2c(c1)OCCO2. The van der Waals surface area contributed by atoms with Gasteiger partial charge in [0.15, 0.2) is 11.5 Å². The smallest absolute Gasteiger partial charge is 0.295 e. The van der Waals surface area contributed by atoms with E-state index in [0.29, 0.717) is 49.0 Å². The molecule has 7 heteroatoms. The van der Waals surface area contributed by atoms with Crippen molar-refractivity contribution in [3.8, 4) is 17.2 Å². The molecule has 0 spiro atoms. The fraction of sp³-hybridized carbons (Fsp3) is 0.385. The Balaban J connectivity index is 1.62. The minimum atomic E-state index is -0.695. The van der Waals surface area contributed by atoms with Gasteiger partial charge in [0.05, 0.1) is 18.2 Å². The van der Waals surface area contributed by atoms with E-state index in [-0.39, 0.29) is 11.3 Å². The Hall–Kier alpha value is -3.48. The number of aryl methyl sites for hydroxylation is 1. The largest absolute Gasteiger partial charge is 0.507 e. The number of hydrogen-bond donors (Lipinski definition) is 1. The summed E-state index contributed by atoms with van der Waals surface area (Å²) in [7, 11) is 0. The number of fused-ring (bicyclic) bond motifs is 2. The zero-order valence-electron chi connectivity index (χ0n) is 18.6. The molecule has 1 saturated heterocycles. The molecule has 7 nitrogen and oxygen atoms in total. The van der Waals surface area contributed by atoms with E-state index in [2.05, 4.69) is 0 Å². The highest BCUT2D eigenvalue weighted by atomic mass is 16.6. The Morgan fingerprint density at radius 3 is 2.58 bits per heavy atom. The lowest BCUT2D eigenvalue weighted by Gasteiger charge is -2.27. The van der Waals surface area contributed by atoms with Crippen LogP contribution in [0.3, 0.4) is 0 Å². The third-order valence-corrected chi connectivity index (χ3v) is 6.36. The molecule has 1 fully saturated rings. The van der Waals surface area contributed by atoms with Gasteiger partial charge in [-0.05, 0) is 60.7 Å². The number of ether oxygens (including phenoxy) is 3. The molecule has 3 aliphatic rings. The number of nitrogens with zero attached hydrogens (tertiary/aromatic N) is 1. The second kappa shape index (κ2) is 8.81. The van der Waals surface area contributed by atoms with Gasteiger partial charge in [0.25, 0.3) is 11.7 Å². The van der Waals surface area contributed by atoms with Crippen LogP contribution in [0.2, 0.25) is 0 Å². The summed E-state index contributed by atoms with van der Waals surface area (Å²) in [5.41, 5.74) is 2.30. The van der Waals surface area contributed by atoms with Crippen molar-refractivity contribution < 1.29 is 28.9 Å². The first kappa shape index (κ1) is 21.4. The number of aliphatic hydroxyl groups is 1. The Morgan fingerprint density at radius 1 is 1.00 bits per heavy atom. The monoisotopic (exact) mass is 449 g/mol. The number of Topliss-reactive ketones (excluding diaryl/α,β-unsaturated/α-hetero) is 1. The third kappa shape index (κ3) is 3.81. The summed E-state index contributed by atoms with van der Waals surface area (Å²) in [6.45, 7) is 4.04. The summed E-state index contributed by atoms with van der Waals surface area (Å²) in [6, 6.07) is 10.1. The highest BCUT2D eigenvalue weighted by molar-refractivity contribution is 6.46. The number of ketones is 1. The molecule has 3 heterocycles. The standard InChI is InChI=1S/C26H27NO6/c1-2-3-10-27-23(17-6-9-20-21(15-17)33-13-12-32-20)22(25(29)26(27)30)24(28)18-7-8-19-16(14-18)5-4-11-31-19/h6-9,14-15,23,28H,2-5,10-13H2,1H3/b24-22-. The summed E-state index contributed by atoms with van der Waals surface area (Å²) >= 11 is 0. The summed E-state index contributed by atoms with van der Waals surface area (Å²) in [4.78, 5) is 27.7. The fourth-order valence-electron chi connectivity index (χ4n) is 4.68. The van der Waals surface area contributed by atoms with Crippen molar-refractivity contribution in [2.24, 2.45) is 0 Å². The molecule has 1 N–H and O–H groups in total. The molecule has 2 aromatic rings. The van der Waals surface area contributed by atoms with Crippen LogP contribution in [0.15, 0.2) is 42.0 Å². The lowest BCUT2D eigenvalue weighted by Crippen LogP contribution is -2.30. The highest BCUT2D eigenvalue weighted by Gasteiger charge is 2.46. The minimum Gasteiger partial charge on any atom is -0.507 e. The van der Waals surface area contributed by atoms with E-state index in [4.69, 9.17) is 14.2 Å². The van der Waals surface area contributed by atoms with Crippen LogP contribution in [-0.2, 0) is 16.0 Å². The van der Waals surface area contributed by atoms with Crippen LogP contribution in [-0.4, -0.2) is 48.1 Å². The number of carbonyl (C=O) groups is 2. The average Bonchev–Trinajstić information content (AvgIpc) is 3.11. The van der Waals surface area contributed by atoms with Crippen molar-refractivity contribution in [1.82, 2.24) is 4.90 Å². The van der Waals surface area contributed by atoms with Crippen LogP contribution in [0.4, 0.5) is 0 Å². The highest BCUT2D eigenvalue weighted by Crippen LogP contribution is 2.43. The molecule has 1 amide bonds. The second-order valence-electron chi connectivity index (χ2n) is 8.52. The number of amides is 1. The number of benzene rings is 2. The zero-order chi connectivity index (χ0) is 22.9. The maximum atomic E-state index is 13.2. The van der Waals surface area contributed by atoms with Crippen LogP contribution in [0.25, 0.3) is 5.76 Å². The van der Waals surface area contributed by atoms with Gasteiger partial charge in [0.1, 0.15) is 24.7 Å². The topological polar surface area (TPSA) is 85.3 Å². The molecule has 0 bridgehead atoms. The van der Waals surface area contributed by atoms with Crippen molar-refractivity contribution >= 4 is 17.4 Å². The van der Waals surface area contributed by atoms with E-state index < -0.39 is 17.7 Å². The van der Waals surface area contributed by atoms with E-state index in [1.165, 1.54) is 0 Å². The summed E-state index contributed by atoms with van der Waals surface area (Å²) in [5.74, 6) is 0.574. The molecule has 0 aliphatic carbocycles. The number of unbranched alkanes of at least 4 members (excludes halogenated alkanes) is 1. The molecule has 5 rings (SSSR count).